The average Bonchev–Trinajstić information content (AvgIpc) is 1.61. The molecule has 6 unspecified atom stereocenters. The Hall–Kier alpha value is -10.4. The van der Waals surface area contributed by atoms with Crippen molar-refractivity contribution in [2.24, 2.45) is 53.3 Å². The zero-order valence-electron chi connectivity index (χ0n) is 84.6. The molecule has 3 aliphatic heterocycles. The zero-order chi connectivity index (χ0) is 103. The molecule has 25 atom stereocenters. The number of fused-ring (bicyclic) bond motifs is 1. The summed E-state index contributed by atoms with van der Waals surface area (Å²) in [6.45, 7) is 29.8. The molecule has 1 aromatic heterocycles. The number of aliphatic hydroxyl groups excluding tert-OH is 4. The van der Waals surface area contributed by atoms with Gasteiger partial charge in [0.1, 0.15) is 83.9 Å². The molecule has 3 fully saturated rings. The minimum absolute atomic E-state index is 0.0288. The van der Waals surface area contributed by atoms with Gasteiger partial charge in [0.05, 0.1) is 85.3 Å². The molecule has 4 heterocycles. The smallest absolute Gasteiger partial charge is 0.410 e. The molecule has 138 heavy (non-hydrogen) atoms. The number of benzene rings is 3. The minimum Gasteiger partial charge on any atom is -0.480 e. The Balaban J connectivity index is 1.10. The Kier molecular flexibility index (Phi) is 44.3. The van der Waals surface area contributed by atoms with Crippen molar-refractivity contribution in [2.45, 2.75) is 303 Å². The van der Waals surface area contributed by atoms with E-state index in [4.69, 9.17) is 42.3 Å². The highest BCUT2D eigenvalue weighted by molar-refractivity contribution is 5.94. The van der Waals surface area contributed by atoms with E-state index in [0.29, 0.717) is 51.6 Å². The summed E-state index contributed by atoms with van der Waals surface area (Å²) in [6.07, 6.45) is -10.8. The van der Waals surface area contributed by atoms with Crippen LogP contribution in [0.3, 0.4) is 0 Å². The van der Waals surface area contributed by atoms with E-state index in [1.165, 1.54) is 70.5 Å². The van der Waals surface area contributed by atoms with Crippen LogP contribution in [0, 0.1) is 53.3 Å². The van der Waals surface area contributed by atoms with Crippen molar-refractivity contribution in [1.29, 1.82) is 0 Å². The lowest BCUT2D eigenvalue weighted by molar-refractivity contribution is -0.277. The number of likely N-dealkylation sites (N-methyl/N-ethyl adjacent to an activating group) is 4. The van der Waals surface area contributed by atoms with Gasteiger partial charge in [0, 0.05) is 88.1 Å². The summed E-state index contributed by atoms with van der Waals surface area (Å²) in [5.41, 5.74) is 1.60. The van der Waals surface area contributed by atoms with Crippen LogP contribution >= 0.6 is 0 Å². The molecule has 0 aliphatic carbocycles. The first-order valence-electron chi connectivity index (χ1n) is 48.2. The quantitative estimate of drug-likeness (QED) is 0.0186. The number of likely N-dealkylation sites (tertiary alicyclic amines) is 2. The molecule has 0 saturated carbocycles. The minimum atomic E-state index is -1.89. The standard InChI is InChI=1S/C101H154N10O27/c1-25-58(12)46-73(138-101(129)109(20)82(57(10)11)94(121)105-80(55(6)7)96(123)107(18)84(60(14)27-3)75(131-22)51-78(114)111-45-35-41-71(111)89(133-24)62(16)92(119)103-69(98(126)127)48-64-38-32-29-33-39-64)66-42-43-72(136-99-87(117)86(116)85(115)76(52-112)137-99)67-49-65(135-90(66)67)53-134-100(128)108(19)81(56(8)9)93(120)104-79(54(4)5)95(122)106(17)83(59(13)26-2)74(130-21)50-77(113)110-44-34-40-70(110)88(132-23)61(15)91(118)102-68(97(124)125)47-63-36-30-28-31-37-63/h25,28-33,36-39,42-43,49,54-62,68-71,73-76,79-89,99,112,115-117H,1,26-27,34-35,40-41,44-48,50-53H2,2-24H3,(H,102,118)(H,103,119)(H,104,120)(H,105,121)(H,124,125)(H,126,127)/t58?,59?,60?,61-,62-,68?,69?,70+,71+,73?,74-,75-,76-,79+,80+,81+,82+,83+,84+,85+,86+,87-,88-,89-,99-/m1/s1. The lowest BCUT2D eigenvalue weighted by Crippen LogP contribution is -2.60. The molecule has 770 valence electrons. The van der Waals surface area contributed by atoms with E-state index < -0.39 is 236 Å². The highest BCUT2D eigenvalue weighted by Gasteiger charge is 2.50. The van der Waals surface area contributed by atoms with Crippen molar-refractivity contribution < 1.29 is 130 Å². The number of carboxylic acids is 2. The summed E-state index contributed by atoms with van der Waals surface area (Å²) in [5.74, 6) is -11.9. The molecule has 3 saturated heterocycles. The van der Waals surface area contributed by atoms with Crippen LogP contribution < -0.4 is 26.0 Å². The highest BCUT2D eigenvalue weighted by Crippen LogP contribution is 2.42. The number of furan rings is 1. The second-order valence-electron chi connectivity index (χ2n) is 38.7. The van der Waals surface area contributed by atoms with Gasteiger partial charge in [-0.05, 0) is 103 Å². The van der Waals surface area contributed by atoms with Crippen molar-refractivity contribution in [1.82, 2.24) is 50.7 Å². The van der Waals surface area contributed by atoms with Gasteiger partial charge in [-0.15, -0.1) is 6.58 Å². The molecule has 7 rings (SSSR count). The number of carbonyl (C=O) groups excluding carboxylic acids is 10. The summed E-state index contributed by atoms with van der Waals surface area (Å²) in [5, 5.41) is 74.7. The van der Waals surface area contributed by atoms with E-state index in [-0.39, 0.29) is 83.8 Å². The van der Waals surface area contributed by atoms with Gasteiger partial charge in [-0.25, -0.2) is 19.2 Å². The highest BCUT2D eigenvalue weighted by atomic mass is 16.7. The normalized spacial score (nSPS) is 21.3. The van der Waals surface area contributed by atoms with E-state index in [9.17, 15) is 69.0 Å². The molecule has 4 aromatic rings. The van der Waals surface area contributed by atoms with Gasteiger partial charge in [-0.2, -0.15) is 0 Å². The number of methoxy groups -OCH3 is 4. The first-order chi connectivity index (χ1) is 65.2. The van der Waals surface area contributed by atoms with Crippen molar-refractivity contribution in [2.75, 3.05) is 76.3 Å². The van der Waals surface area contributed by atoms with Crippen LogP contribution in [-0.2, 0) is 101 Å². The molecule has 0 radical (unpaired) electrons. The van der Waals surface area contributed by atoms with Crippen molar-refractivity contribution in [3.8, 4) is 5.75 Å². The third-order valence-electron chi connectivity index (χ3n) is 27.7. The van der Waals surface area contributed by atoms with Crippen molar-refractivity contribution in [3.63, 3.8) is 0 Å². The van der Waals surface area contributed by atoms with E-state index in [2.05, 4.69) is 27.8 Å². The number of amides is 10. The fraction of sp³-hybridized carbons (Fsp3) is 0.663. The average molecular weight is 1940 g/mol. The molecular weight excluding hydrogens is 1790 g/mol. The molecule has 0 spiro atoms. The lowest BCUT2D eigenvalue weighted by atomic mass is 9.89. The summed E-state index contributed by atoms with van der Waals surface area (Å²) in [7, 11) is 11.7. The van der Waals surface area contributed by atoms with E-state index >= 15 is 19.2 Å². The largest absolute Gasteiger partial charge is 0.480 e. The van der Waals surface area contributed by atoms with E-state index in [1.54, 1.807) is 160 Å². The van der Waals surface area contributed by atoms with E-state index in [0.717, 1.165) is 20.9 Å². The van der Waals surface area contributed by atoms with Gasteiger partial charge in [0.2, 0.25) is 53.5 Å². The lowest BCUT2D eigenvalue weighted by Gasteiger charge is -2.41. The zero-order valence-corrected chi connectivity index (χ0v) is 84.6. The van der Waals surface area contributed by atoms with Crippen LogP contribution in [0.2, 0.25) is 0 Å². The molecule has 37 nitrogen and oxygen atoms in total. The Morgan fingerprint density at radius 2 is 0.964 bits per heavy atom. The van der Waals surface area contributed by atoms with Gasteiger partial charge < -0.3 is 114 Å². The molecule has 0 bridgehead atoms. The predicted molar refractivity (Wildman–Crippen MR) is 512 cm³/mol. The summed E-state index contributed by atoms with van der Waals surface area (Å²) >= 11 is 0. The van der Waals surface area contributed by atoms with Crippen LogP contribution in [-0.4, -0.2) is 323 Å². The molecule has 37 heteroatoms. The third kappa shape index (κ3) is 28.9. The Morgan fingerprint density at radius 3 is 1.34 bits per heavy atom. The number of hydrogen-bond donors (Lipinski definition) is 10. The van der Waals surface area contributed by atoms with Crippen LogP contribution in [0.15, 0.2) is 95.9 Å². The van der Waals surface area contributed by atoms with Gasteiger partial charge in [0.15, 0.2) is 6.61 Å². The van der Waals surface area contributed by atoms with Gasteiger partial charge in [0.25, 0.3) is 0 Å². The second kappa shape index (κ2) is 53.3. The van der Waals surface area contributed by atoms with Gasteiger partial charge in [-0.1, -0.05) is 183 Å². The van der Waals surface area contributed by atoms with Crippen LogP contribution in [0.25, 0.3) is 11.0 Å². The van der Waals surface area contributed by atoms with Gasteiger partial charge >= 0.3 is 24.1 Å². The maximum absolute atomic E-state index is 15.3. The number of nitrogens with one attached hydrogen (secondary N) is 4. The second-order valence-corrected chi connectivity index (χ2v) is 38.7. The fourth-order valence-corrected chi connectivity index (χ4v) is 19.3. The molecule has 10 amide bonds. The topological polar surface area (TPSA) is 481 Å². The van der Waals surface area contributed by atoms with Gasteiger partial charge in [-0.3, -0.25) is 48.2 Å². The van der Waals surface area contributed by atoms with Crippen molar-refractivity contribution in [3.05, 3.63) is 114 Å². The Labute approximate surface area is 811 Å². The number of nitrogens with zero attached hydrogens (tertiary/aromatic N) is 6. The molecular formula is C101H154N10O27. The Morgan fingerprint density at radius 1 is 0.536 bits per heavy atom. The number of aliphatic carboxylic acids is 2. The van der Waals surface area contributed by atoms with Crippen LogP contribution in [0.5, 0.6) is 5.75 Å². The number of aliphatic hydroxyl groups is 4. The Bertz CT molecular complexity index is 4670. The number of allylic oxidation sites excluding steroid dienone is 1. The first-order valence-corrected chi connectivity index (χ1v) is 48.2. The SMILES string of the molecule is C=CC(C)CC(OC(=O)N(C)[C@H](C(=O)N[C@H](C(=O)N(C)[C@@H](C(C)CC)[C@@H](CC(=O)N1CCC[C@H]1[C@H](OC)[C@@H](C)C(=O)NC(Cc1ccccc1)C(=O)O)OC)C(C)C)C(C)C)c1ccc(O[C@@H]2O[C@H](CO)[C@H](O)[C@H](O)[C@H]2O)c2cc(COC(=O)N(C)[C@H](C(=O)N[C@H](C(=O)N(C)[C@@H](C(C)CC)[C@@H](CC(=O)N3CCC[C@H]3[C@H](OC)[C@@H](C)C(=O)NC(Cc3ccccc3)C(=O)O)OC)C(C)C)C(C)C)oc12. The van der Waals surface area contributed by atoms with Crippen LogP contribution in [0.1, 0.15) is 190 Å². The summed E-state index contributed by atoms with van der Waals surface area (Å²) < 4.78 is 55.3. The molecule has 10 N–H and O–H groups in total. The number of hydrogen-bond acceptors (Lipinski definition) is 25. The first kappa shape index (κ1) is 115. The number of carboxylic acid groups (broad SMARTS) is 2. The maximum Gasteiger partial charge on any atom is 0.410 e. The molecule has 3 aromatic carbocycles. The molecule has 3 aliphatic rings. The monoisotopic (exact) mass is 1940 g/mol. The number of carbonyl (C=O) groups is 12. The number of rotatable bonds is 52. The predicted octanol–water partition coefficient (Wildman–Crippen LogP) is 8.30. The summed E-state index contributed by atoms with van der Waals surface area (Å²) in [4.78, 5) is 181. The summed E-state index contributed by atoms with van der Waals surface area (Å²) in [6, 6.07) is 12.1. The van der Waals surface area contributed by atoms with Crippen molar-refractivity contribution >= 4 is 82.4 Å². The third-order valence-corrected chi connectivity index (χ3v) is 27.7. The maximum atomic E-state index is 15.3. The van der Waals surface area contributed by atoms with E-state index in [1.807, 2.05) is 34.6 Å². The fourth-order valence-electron chi connectivity index (χ4n) is 19.3. The van der Waals surface area contributed by atoms with Crippen LogP contribution in [0.4, 0.5) is 9.59 Å². The number of ether oxygens (including phenoxy) is 8.